The Labute approximate surface area is 117 Å². The molecule has 1 aromatic carbocycles. The normalized spacial score (nSPS) is 13.7. The van der Waals surface area contributed by atoms with Gasteiger partial charge in [0, 0.05) is 9.58 Å². The first-order valence-corrected chi connectivity index (χ1v) is 6.44. The van der Waals surface area contributed by atoms with Crippen molar-refractivity contribution in [2.75, 3.05) is 0 Å². The van der Waals surface area contributed by atoms with Crippen molar-refractivity contribution in [3.05, 3.63) is 35.2 Å². The first-order valence-electron chi connectivity index (χ1n) is 5.62. The zero-order valence-electron chi connectivity index (χ0n) is 10.3. The maximum atomic E-state index is 11.5. The number of amides is 1. The molecule has 0 aliphatic carbocycles. The highest BCUT2D eigenvalue weighted by molar-refractivity contribution is 7.19. The smallest absolute Gasteiger partial charge is 0.237 e. The van der Waals surface area contributed by atoms with Crippen molar-refractivity contribution in [1.82, 2.24) is 5.32 Å². The quantitative estimate of drug-likeness (QED) is 0.911. The Morgan fingerprint density at radius 2 is 2.00 bits per heavy atom. The zero-order valence-corrected chi connectivity index (χ0v) is 12.0. The van der Waals surface area contributed by atoms with Gasteiger partial charge in [-0.3, -0.25) is 4.79 Å². The minimum atomic E-state index is -0.466. The second-order valence-corrected chi connectivity index (χ2v) is 5.32. The molecular formula is C13H17ClN2OS. The first-order chi connectivity index (χ1) is 8.08. The molecule has 2 aromatic rings. The van der Waals surface area contributed by atoms with Gasteiger partial charge in [0.25, 0.3) is 0 Å². The van der Waals surface area contributed by atoms with Crippen LogP contribution in [-0.2, 0) is 4.79 Å². The molecule has 3 N–H and O–H groups in total. The van der Waals surface area contributed by atoms with Gasteiger partial charge in [0.2, 0.25) is 5.91 Å². The van der Waals surface area contributed by atoms with Gasteiger partial charge in [-0.2, -0.15) is 0 Å². The summed E-state index contributed by atoms with van der Waals surface area (Å²) in [5.41, 5.74) is 5.53. The van der Waals surface area contributed by atoms with Crippen LogP contribution in [0.5, 0.6) is 0 Å². The second kappa shape index (κ2) is 6.18. The lowest BCUT2D eigenvalue weighted by molar-refractivity contribution is -0.122. The van der Waals surface area contributed by atoms with E-state index in [0.29, 0.717) is 0 Å². The van der Waals surface area contributed by atoms with Crippen LogP contribution in [0, 0.1) is 0 Å². The molecule has 0 saturated heterocycles. The minimum absolute atomic E-state index is 0. The molecule has 1 unspecified atom stereocenters. The fraction of sp³-hybridized carbons (Fsp3) is 0.308. The lowest BCUT2D eigenvalue weighted by atomic mass is 10.2. The van der Waals surface area contributed by atoms with E-state index in [1.165, 1.54) is 10.1 Å². The van der Waals surface area contributed by atoms with E-state index in [9.17, 15) is 4.79 Å². The molecule has 1 heterocycles. The summed E-state index contributed by atoms with van der Waals surface area (Å²) in [5, 5.41) is 4.12. The standard InChI is InChI=1S/C13H16N2OS.ClH/c1-8(14)13(16)15-9(2)12-7-10-5-3-4-6-11(10)17-12;/h3-9H,14H2,1-2H3,(H,15,16);1H/t8-,9?;/m1./s1. The first kappa shape index (κ1) is 15.0. The molecule has 98 valence electrons. The van der Waals surface area contributed by atoms with Crippen LogP contribution in [0.15, 0.2) is 30.3 Å². The number of hydrogen-bond donors (Lipinski definition) is 2. The Hall–Kier alpha value is -1.10. The van der Waals surface area contributed by atoms with E-state index in [1.54, 1.807) is 18.3 Å². The minimum Gasteiger partial charge on any atom is -0.347 e. The fourth-order valence-electron chi connectivity index (χ4n) is 1.63. The molecule has 1 aromatic heterocycles. The number of rotatable bonds is 3. The van der Waals surface area contributed by atoms with Crippen LogP contribution in [0.2, 0.25) is 0 Å². The molecule has 5 heteroatoms. The molecule has 0 fully saturated rings. The highest BCUT2D eigenvalue weighted by atomic mass is 35.5. The zero-order chi connectivity index (χ0) is 12.4. The Bertz CT molecular complexity index is 506. The maximum absolute atomic E-state index is 11.5. The van der Waals surface area contributed by atoms with Crippen LogP contribution in [0.25, 0.3) is 10.1 Å². The van der Waals surface area contributed by atoms with E-state index in [-0.39, 0.29) is 24.4 Å². The van der Waals surface area contributed by atoms with Crippen molar-refractivity contribution in [1.29, 1.82) is 0 Å². The molecule has 18 heavy (non-hydrogen) atoms. The number of hydrogen-bond acceptors (Lipinski definition) is 3. The van der Waals surface area contributed by atoms with Crippen molar-refractivity contribution in [3.63, 3.8) is 0 Å². The third-order valence-corrected chi connectivity index (χ3v) is 3.94. The van der Waals surface area contributed by atoms with E-state index in [4.69, 9.17) is 5.73 Å². The third-order valence-electron chi connectivity index (χ3n) is 2.64. The molecule has 0 spiro atoms. The number of thiophene rings is 1. The average Bonchev–Trinajstić information content (AvgIpc) is 2.72. The highest BCUT2D eigenvalue weighted by Crippen LogP contribution is 2.29. The lowest BCUT2D eigenvalue weighted by Crippen LogP contribution is -2.39. The van der Waals surface area contributed by atoms with Crippen LogP contribution in [0.1, 0.15) is 24.8 Å². The van der Waals surface area contributed by atoms with Crippen molar-refractivity contribution >= 4 is 39.7 Å². The summed E-state index contributed by atoms with van der Waals surface area (Å²) >= 11 is 1.70. The largest absolute Gasteiger partial charge is 0.347 e. The number of halogens is 1. The van der Waals surface area contributed by atoms with Crippen molar-refractivity contribution in [2.45, 2.75) is 25.9 Å². The third kappa shape index (κ3) is 3.22. The Morgan fingerprint density at radius 1 is 1.33 bits per heavy atom. The second-order valence-electron chi connectivity index (χ2n) is 4.21. The van der Waals surface area contributed by atoms with Crippen molar-refractivity contribution < 1.29 is 4.79 Å². The van der Waals surface area contributed by atoms with Crippen molar-refractivity contribution in [2.24, 2.45) is 5.73 Å². The van der Waals surface area contributed by atoms with Gasteiger partial charge >= 0.3 is 0 Å². The van der Waals surface area contributed by atoms with Gasteiger partial charge in [-0.15, -0.1) is 23.7 Å². The summed E-state index contributed by atoms with van der Waals surface area (Å²) in [6.45, 7) is 3.66. The summed E-state index contributed by atoms with van der Waals surface area (Å²) in [6, 6.07) is 9.86. The van der Waals surface area contributed by atoms with Crippen molar-refractivity contribution in [3.8, 4) is 0 Å². The SMILES string of the molecule is CC(NC(=O)[C@@H](C)N)c1cc2ccccc2s1.Cl. The van der Waals surface area contributed by atoms with Gasteiger partial charge in [0.05, 0.1) is 12.1 Å². The van der Waals surface area contributed by atoms with Crippen LogP contribution < -0.4 is 11.1 Å². The number of fused-ring (bicyclic) bond motifs is 1. The summed E-state index contributed by atoms with van der Waals surface area (Å²) in [5.74, 6) is -0.116. The molecule has 0 saturated carbocycles. The lowest BCUT2D eigenvalue weighted by Gasteiger charge is -2.13. The van der Waals surface area contributed by atoms with E-state index in [1.807, 2.05) is 19.1 Å². The molecule has 3 nitrogen and oxygen atoms in total. The number of nitrogens with two attached hydrogens (primary N) is 1. The van der Waals surface area contributed by atoms with Crippen LogP contribution in [0.4, 0.5) is 0 Å². The average molecular weight is 285 g/mol. The molecule has 0 radical (unpaired) electrons. The Balaban J connectivity index is 0.00000162. The van der Waals surface area contributed by atoms with E-state index < -0.39 is 6.04 Å². The van der Waals surface area contributed by atoms with E-state index in [2.05, 4.69) is 23.5 Å². The van der Waals surface area contributed by atoms with Gasteiger partial charge in [-0.1, -0.05) is 18.2 Å². The summed E-state index contributed by atoms with van der Waals surface area (Å²) < 4.78 is 1.24. The Morgan fingerprint density at radius 3 is 2.61 bits per heavy atom. The van der Waals surface area contributed by atoms with Gasteiger partial charge in [-0.05, 0) is 31.4 Å². The maximum Gasteiger partial charge on any atom is 0.237 e. The molecule has 2 rings (SSSR count). The predicted octanol–water partition coefficient (Wildman–Crippen LogP) is 2.85. The van der Waals surface area contributed by atoms with Crippen LogP contribution >= 0.6 is 23.7 Å². The molecule has 1 amide bonds. The fourth-order valence-corrected chi connectivity index (χ4v) is 2.70. The molecular weight excluding hydrogens is 268 g/mol. The van der Waals surface area contributed by atoms with Gasteiger partial charge in [0.15, 0.2) is 0 Å². The molecule has 0 aliphatic heterocycles. The summed E-state index contributed by atoms with van der Waals surface area (Å²) in [7, 11) is 0. The van der Waals surface area contributed by atoms with E-state index >= 15 is 0 Å². The van der Waals surface area contributed by atoms with E-state index in [0.717, 1.165) is 4.88 Å². The summed E-state index contributed by atoms with van der Waals surface area (Å²) in [6.07, 6.45) is 0. The molecule has 0 bridgehead atoms. The molecule has 0 aliphatic rings. The van der Waals surface area contributed by atoms with Gasteiger partial charge in [0.1, 0.15) is 0 Å². The Kier molecular flexibility index (Phi) is 5.14. The number of benzene rings is 1. The highest BCUT2D eigenvalue weighted by Gasteiger charge is 2.14. The number of nitrogens with one attached hydrogen (secondary N) is 1. The van der Waals surface area contributed by atoms with Crippen LogP contribution in [-0.4, -0.2) is 11.9 Å². The number of carbonyl (C=O) groups is 1. The van der Waals surface area contributed by atoms with Crippen LogP contribution in [0.3, 0.4) is 0 Å². The monoisotopic (exact) mass is 284 g/mol. The summed E-state index contributed by atoms with van der Waals surface area (Å²) in [4.78, 5) is 12.7. The van der Waals surface area contributed by atoms with Gasteiger partial charge < -0.3 is 11.1 Å². The predicted molar refractivity (Wildman–Crippen MR) is 79.3 cm³/mol. The topological polar surface area (TPSA) is 55.1 Å². The number of carbonyl (C=O) groups excluding carboxylic acids is 1. The molecule has 2 atom stereocenters. The van der Waals surface area contributed by atoms with Gasteiger partial charge in [-0.25, -0.2) is 0 Å².